The number of phenolic OH excluding ortho intramolecular Hbond substituents is 1. The molecule has 30 heavy (non-hydrogen) atoms. The average Bonchev–Trinajstić information content (AvgIpc) is 2.60. The Morgan fingerprint density at radius 2 is 1.70 bits per heavy atom. The van der Waals surface area contributed by atoms with Gasteiger partial charge >= 0.3 is 15.5 Å². The van der Waals surface area contributed by atoms with Gasteiger partial charge in [0.05, 0.1) is 22.6 Å². The number of nitro groups is 1. The van der Waals surface area contributed by atoms with E-state index in [2.05, 4.69) is 0 Å². The molecule has 164 valence electrons. The van der Waals surface area contributed by atoms with Gasteiger partial charge in [-0.25, -0.2) is 8.42 Å². The SMILES string of the molecule is COc1ccc(NS(=O)(=O)c2ccc(NS(=O)(=O)C(F)(F)F)c([N+](=O)[O-])c2)cc1O. The van der Waals surface area contributed by atoms with E-state index in [-0.39, 0.29) is 11.4 Å². The van der Waals surface area contributed by atoms with Crippen LogP contribution in [0.5, 0.6) is 11.5 Å². The highest BCUT2D eigenvalue weighted by molar-refractivity contribution is 7.93. The lowest BCUT2D eigenvalue weighted by atomic mass is 10.3. The van der Waals surface area contributed by atoms with E-state index >= 15 is 0 Å². The zero-order chi connectivity index (χ0) is 22.9. The molecule has 0 aliphatic heterocycles. The van der Waals surface area contributed by atoms with Crippen LogP contribution in [0.15, 0.2) is 41.3 Å². The molecule has 16 heteroatoms. The number of sulfonamides is 2. The second kappa shape index (κ2) is 7.86. The largest absolute Gasteiger partial charge is 0.516 e. The molecule has 0 saturated carbocycles. The number of nitrogens with one attached hydrogen (secondary N) is 2. The maximum absolute atomic E-state index is 12.5. The van der Waals surface area contributed by atoms with Gasteiger partial charge in [0.15, 0.2) is 11.5 Å². The minimum absolute atomic E-state index is 0.0369. The monoisotopic (exact) mass is 471 g/mol. The van der Waals surface area contributed by atoms with Gasteiger partial charge in [0.2, 0.25) is 0 Å². The molecule has 0 amide bonds. The third kappa shape index (κ3) is 4.82. The Kier molecular flexibility index (Phi) is 6.03. The number of anilines is 2. The van der Waals surface area contributed by atoms with Gasteiger partial charge in [0.1, 0.15) is 5.69 Å². The van der Waals surface area contributed by atoms with Crippen molar-refractivity contribution in [1.29, 1.82) is 0 Å². The molecule has 11 nitrogen and oxygen atoms in total. The van der Waals surface area contributed by atoms with E-state index in [0.29, 0.717) is 18.2 Å². The maximum atomic E-state index is 12.5. The van der Waals surface area contributed by atoms with Gasteiger partial charge in [-0.2, -0.15) is 21.6 Å². The molecule has 0 bridgehead atoms. The maximum Gasteiger partial charge on any atom is 0.516 e. The van der Waals surface area contributed by atoms with Gasteiger partial charge in [-0.3, -0.25) is 19.6 Å². The number of alkyl halides is 3. The Bertz CT molecular complexity index is 1200. The average molecular weight is 471 g/mol. The lowest BCUT2D eigenvalue weighted by molar-refractivity contribution is -0.384. The second-order valence-corrected chi connectivity index (χ2v) is 8.84. The van der Waals surface area contributed by atoms with Gasteiger partial charge in [0, 0.05) is 12.1 Å². The van der Waals surface area contributed by atoms with Crippen molar-refractivity contribution in [3.63, 3.8) is 0 Å². The fourth-order valence-electron chi connectivity index (χ4n) is 2.09. The van der Waals surface area contributed by atoms with Crippen LogP contribution in [0.2, 0.25) is 0 Å². The number of nitrogens with zero attached hydrogens (tertiary/aromatic N) is 1. The molecule has 0 heterocycles. The summed E-state index contributed by atoms with van der Waals surface area (Å²) in [6.45, 7) is 0. The summed E-state index contributed by atoms with van der Waals surface area (Å²) in [6.07, 6.45) is 0. The zero-order valence-electron chi connectivity index (χ0n) is 14.7. The number of aromatic hydroxyl groups is 1. The van der Waals surface area contributed by atoms with Crippen molar-refractivity contribution in [2.75, 3.05) is 16.6 Å². The van der Waals surface area contributed by atoms with Gasteiger partial charge < -0.3 is 9.84 Å². The van der Waals surface area contributed by atoms with E-state index in [1.54, 1.807) is 0 Å². The third-order valence-corrected chi connectivity index (χ3v) is 5.93. The number of hydrogen-bond acceptors (Lipinski definition) is 8. The number of ether oxygens (including phenoxy) is 1. The molecule has 0 aromatic heterocycles. The van der Waals surface area contributed by atoms with Crippen molar-refractivity contribution in [2.45, 2.75) is 10.4 Å². The highest BCUT2D eigenvalue weighted by Gasteiger charge is 2.46. The van der Waals surface area contributed by atoms with Gasteiger partial charge in [-0.15, -0.1) is 0 Å². The molecule has 3 N–H and O–H groups in total. The van der Waals surface area contributed by atoms with Crippen LogP contribution < -0.4 is 14.2 Å². The van der Waals surface area contributed by atoms with Crippen molar-refractivity contribution < 1.29 is 44.8 Å². The third-order valence-electron chi connectivity index (χ3n) is 3.46. The zero-order valence-corrected chi connectivity index (χ0v) is 16.3. The molecule has 0 unspecified atom stereocenters. The molecule has 0 fully saturated rings. The number of methoxy groups -OCH3 is 1. The number of halogens is 3. The van der Waals surface area contributed by atoms with Gasteiger partial charge in [-0.05, 0) is 24.3 Å². The fourth-order valence-corrected chi connectivity index (χ4v) is 3.73. The molecule has 0 aliphatic carbocycles. The Hall–Kier alpha value is -3.27. The predicted octanol–water partition coefficient (Wildman–Crippen LogP) is 2.37. The Balaban J connectivity index is 2.44. The van der Waals surface area contributed by atoms with E-state index in [0.717, 1.165) is 10.8 Å². The van der Waals surface area contributed by atoms with Crippen LogP contribution in [0.3, 0.4) is 0 Å². The van der Waals surface area contributed by atoms with E-state index in [1.165, 1.54) is 19.2 Å². The van der Waals surface area contributed by atoms with Crippen molar-refractivity contribution in [1.82, 2.24) is 0 Å². The summed E-state index contributed by atoms with van der Waals surface area (Å²) < 4.78 is 92.5. The second-order valence-electron chi connectivity index (χ2n) is 5.48. The first-order valence-electron chi connectivity index (χ1n) is 7.45. The summed E-state index contributed by atoms with van der Waals surface area (Å²) in [5.41, 5.74) is -8.22. The normalized spacial score (nSPS) is 12.3. The van der Waals surface area contributed by atoms with Crippen LogP contribution in [0.25, 0.3) is 0 Å². The highest BCUT2D eigenvalue weighted by Crippen LogP contribution is 2.33. The van der Waals surface area contributed by atoms with Crippen LogP contribution in [0, 0.1) is 10.1 Å². The molecule has 0 radical (unpaired) electrons. The van der Waals surface area contributed by atoms with Gasteiger partial charge in [0.25, 0.3) is 15.7 Å². The highest BCUT2D eigenvalue weighted by atomic mass is 32.2. The molecule has 0 atom stereocenters. The molecule has 2 aromatic rings. The molecule has 0 saturated heterocycles. The van der Waals surface area contributed by atoms with Crippen LogP contribution in [0.1, 0.15) is 0 Å². The molecular weight excluding hydrogens is 459 g/mol. The number of hydrogen-bond donors (Lipinski definition) is 3. The minimum Gasteiger partial charge on any atom is -0.504 e. The van der Waals surface area contributed by atoms with E-state index in [4.69, 9.17) is 4.74 Å². The van der Waals surface area contributed by atoms with Crippen molar-refractivity contribution in [3.05, 3.63) is 46.5 Å². The molecular formula is C14H12F3N3O8S2. The Morgan fingerprint density at radius 3 is 2.20 bits per heavy atom. The number of phenols is 1. The van der Waals surface area contributed by atoms with Crippen LogP contribution in [-0.4, -0.2) is 39.5 Å². The number of rotatable bonds is 7. The fraction of sp³-hybridized carbons (Fsp3) is 0.143. The molecule has 2 rings (SSSR count). The topological polar surface area (TPSA) is 165 Å². The minimum atomic E-state index is -5.97. The number of benzene rings is 2. The summed E-state index contributed by atoms with van der Waals surface area (Å²) in [4.78, 5) is 9.13. The van der Waals surface area contributed by atoms with Gasteiger partial charge in [-0.1, -0.05) is 0 Å². The molecule has 0 aliphatic rings. The summed E-state index contributed by atoms with van der Waals surface area (Å²) in [6, 6.07) is 4.95. The van der Waals surface area contributed by atoms with Crippen LogP contribution in [0.4, 0.5) is 30.2 Å². The summed E-state index contributed by atoms with van der Waals surface area (Å²) in [5.74, 6) is -0.379. The van der Waals surface area contributed by atoms with Crippen molar-refractivity contribution >= 4 is 37.1 Å². The van der Waals surface area contributed by atoms with Crippen molar-refractivity contribution in [2.24, 2.45) is 0 Å². The first-order chi connectivity index (χ1) is 13.7. The quantitative estimate of drug-likeness (QED) is 0.409. The van der Waals surface area contributed by atoms with E-state index in [1.807, 2.05) is 4.72 Å². The van der Waals surface area contributed by atoms with Crippen molar-refractivity contribution in [3.8, 4) is 11.5 Å². The van der Waals surface area contributed by atoms with E-state index in [9.17, 15) is 45.2 Å². The first-order valence-corrected chi connectivity index (χ1v) is 10.4. The lowest BCUT2D eigenvalue weighted by Crippen LogP contribution is -2.30. The van der Waals surface area contributed by atoms with Crippen LogP contribution in [-0.2, 0) is 20.0 Å². The van der Waals surface area contributed by atoms with E-state index < -0.39 is 52.5 Å². The summed E-state index contributed by atoms with van der Waals surface area (Å²) in [5, 5.41) is 20.8. The number of nitro benzene ring substituents is 1. The standard InChI is InChI=1S/C14H12F3N3O8S2/c1-28-13-5-2-8(6-12(13)21)18-29(24,25)9-3-4-10(11(7-9)20(22)23)19-30(26,27)14(15,16)17/h2-7,18-19,21H,1H3. The lowest BCUT2D eigenvalue weighted by Gasteiger charge is -2.13. The van der Waals surface area contributed by atoms with Crippen LogP contribution >= 0.6 is 0 Å². The smallest absolute Gasteiger partial charge is 0.504 e. The Labute approximate surface area is 167 Å². The molecule has 0 spiro atoms. The summed E-state index contributed by atoms with van der Waals surface area (Å²) >= 11 is 0. The predicted molar refractivity (Wildman–Crippen MR) is 97.2 cm³/mol. The first kappa shape index (κ1) is 23.0. The molecule has 2 aromatic carbocycles. The Morgan fingerprint density at radius 1 is 1.07 bits per heavy atom. The summed E-state index contributed by atoms with van der Waals surface area (Å²) in [7, 11) is -9.22.